The van der Waals surface area contributed by atoms with Gasteiger partial charge < -0.3 is 24.2 Å². The summed E-state index contributed by atoms with van der Waals surface area (Å²) < 4.78 is 15.5. The van der Waals surface area contributed by atoms with Gasteiger partial charge in [0.2, 0.25) is 5.88 Å². The van der Waals surface area contributed by atoms with Crippen LogP contribution < -0.4 is 19.9 Å². The Balaban J connectivity index is 1.40. The van der Waals surface area contributed by atoms with E-state index in [1.807, 2.05) is 0 Å². The van der Waals surface area contributed by atoms with Crippen LogP contribution in [0.5, 0.6) is 5.88 Å². The maximum atomic E-state index is 13.2. The number of pyridine rings is 1. The number of ether oxygens (including phenoxy) is 3. The van der Waals surface area contributed by atoms with E-state index in [4.69, 9.17) is 14.2 Å². The number of hydrogen-bond donors (Lipinski definition) is 2. The third kappa shape index (κ3) is 5.34. The largest absolute Gasteiger partial charge is 0.476 e. The van der Waals surface area contributed by atoms with Crippen molar-refractivity contribution in [3.63, 3.8) is 0 Å². The van der Waals surface area contributed by atoms with Gasteiger partial charge in [-0.05, 0) is 32.4 Å². The topological polar surface area (TPSA) is 139 Å². The summed E-state index contributed by atoms with van der Waals surface area (Å²) in [5.74, 6) is -0.768. The molecule has 2 bridgehead atoms. The molecule has 1 saturated heterocycles. The first-order valence-electron chi connectivity index (χ1n) is 11.0. The zero-order valence-electron chi connectivity index (χ0n) is 19.4. The highest BCUT2D eigenvalue weighted by Crippen LogP contribution is 2.39. The lowest BCUT2D eigenvalue weighted by atomic mass is 10.2. The van der Waals surface area contributed by atoms with E-state index in [0.717, 1.165) is 18.7 Å². The monoisotopic (exact) mass is 472 g/mol. The SMILES string of the molecule is COC(=O)c1ccc2c(n1)N(C(=O)Nc1cnc(OCCCOC(C)(C)O)cn1)C1CCN2C1. The highest BCUT2D eigenvalue weighted by molar-refractivity contribution is 6.04. The summed E-state index contributed by atoms with van der Waals surface area (Å²) in [6.07, 6.45) is 4.18. The van der Waals surface area contributed by atoms with Crippen molar-refractivity contribution in [1.82, 2.24) is 15.0 Å². The average molecular weight is 473 g/mol. The van der Waals surface area contributed by atoms with E-state index in [0.29, 0.717) is 37.9 Å². The number of esters is 1. The van der Waals surface area contributed by atoms with Crippen molar-refractivity contribution >= 4 is 29.3 Å². The smallest absolute Gasteiger partial charge is 0.356 e. The molecule has 2 N–H and O–H groups in total. The molecular weight excluding hydrogens is 444 g/mol. The Hall–Kier alpha value is -3.51. The van der Waals surface area contributed by atoms with Crippen LogP contribution in [-0.4, -0.2) is 77.3 Å². The number of nitrogens with one attached hydrogen (secondary N) is 1. The van der Waals surface area contributed by atoms with Crippen LogP contribution in [0.25, 0.3) is 0 Å². The molecule has 0 radical (unpaired) electrons. The van der Waals surface area contributed by atoms with Gasteiger partial charge in [-0.15, -0.1) is 0 Å². The third-order valence-electron chi connectivity index (χ3n) is 5.42. The Labute approximate surface area is 196 Å². The lowest BCUT2D eigenvalue weighted by Crippen LogP contribution is -2.48. The first-order valence-corrected chi connectivity index (χ1v) is 11.0. The third-order valence-corrected chi connectivity index (χ3v) is 5.42. The van der Waals surface area contributed by atoms with E-state index in [1.165, 1.54) is 19.5 Å². The van der Waals surface area contributed by atoms with Crippen molar-refractivity contribution in [2.75, 3.05) is 48.5 Å². The molecule has 1 atom stereocenters. The van der Waals surface area contributed by atoms with Crippen LogP contribution in [0.4, 0.5) is 22.1 Å². The van der Waals surface area contributed by atoms with E-state index >= 15 is 0 Å². The van der Waals surface area contributed by atoms with Crippen LogP contribution in [-0.2, 0) is 9.47 Å². The van der Waals surface area contributed by atoms with Gasteiger partial charge in [-0.25, -0.2) is 24.5 Å². The maximum absolute atomic E-state index is 13.2. The van der Waals surface area contributed by atoms with Crippen LogP contribution in [0.3, 0.4) is 0 Å². The number of carbonyl (C=O) groups is 2. The molecule has 12 heteroatoms. The number of aliphatic hydroxyl groups is 1. The quantitative estimate of drug-likeness (QED) is 0.332. The van der Waals surface area contributed by atoms with Crippen molar-refractivity contribution in [2.24, 2.45) is 0 Å². The standard InChI is InChI=1S/C22H28N6O6/c1-22(2,31)34-10-4-9-33-18-12-23-17(11-24-18)26-21(30)28-14-7-8-27(13-14)16-6-5-15(20(29)32-3)25-19(16)28/h5-6,11-12,14,31H,4,7-10,13H2,1-3H3,(H,23,26,30). The van der Waals surface area contributed by atoms with Crippen molar-refractivity contribution in [3.8, 4) is 5.88 Å². The minimum absolute atomic E-state index is 0.0745. The van der Waals surface area contributed by atoms with Crippen molar-refractivity contribution in [3.05, 3.63) is 30.2 Å². The number of urea groups is 1. The van der Waals surface area contributed by atoms with E-state index in [2.05, 4.69) is 25.2 Å². The fraction of sp³-hybridized carbons (Fsp3) is 0.500. The molecule has 2 aromatic heterocycles. The number of carbonyl (C=O) groups excluding carboxylic acids is 2. The number of anilines is 3. The lowest BCUT2D eigenvalue weighted by Gasteiger charge is -2.35. The molecular formula is C22H28N6O6. The van der Waals surface area contributed by atoms with Gasteiger partial charge in [-0.3, -0.25) is 10.2 Å². The maximum Gasteiger partial charge on any atom is 0.356 e. The van der Waals surface area contributed by atoms with Crippen LogP contribution in [0.15, 0.2) is 24.5 Å². The van der Waals surface area contributed by atoms with Gasteiger partial charge in [-0.1, -0.05) is 0 Å². The first-order chi connectivity index (χ1) is 16.2. The van der Waals surface area contributed by atoms with Gasteiger partial charge in [0.25, 0.3) is 0 Å². The zero-order valence-corrected chi connectivity index (χ0v) is 19.4. The Kier molecular flexibility index (Phi) is 6.80. The second-order valence-corrected chi connectivity index (χ2v) is 8.46. The summed E-state index contributed by atoms with van der Waals surface area (Å²) in [6.45, 7) is 5.29. The Morgan fingerprint density at radius 1 is 1.24 bits per heavy atom. The van der Waals surface area contributed by atoms with Crippen LogP contribution in [0.2, 0.25) is 0 Å². The molecule has 182 valence electrons. The fourth-order valence-electron chi connectivity index (χ4n) is 3.87. The Bertz CT molecular complexity index is 1040. The molecule has 2 aromatic rings. The van der Waals surface area contributed by atoms with Gasteiger partial charge in [0.05, 0.1) is 44.4 Å². The summed E-state index contributed by atoms with van der Waals surface area (Å²) in [6, 6.07) is 2.90. The van der Waals surface area contributed by atoms with Crippen LogP contribution in [0, 0.1) is 0 Å². The van der Waals surface area contributed by atoms with E-state index < -0.39 is 17.8 Å². The summed E-state index contributed by atoms with van der Waals surface area (Å²) in [5, 5.41) is 12.3. The number of nitrogens with zero attached hydrogens (tertiary/aromatic N) is 5. The van der Waals surface area contributed by atoms with E-state index in [-0.39, 0.29) is 17.6 Å². The van der Waals surface area contributed by atoms with Crippen molar-refractivity contribution in [1.29, 1.82) is 0 Å². The molecule has 0 aliphatic carbocycles. The van der Waals surface area contributed by atoms with Gasteiger partial charge >= 0.3 is 12.0 Å². The van der Waals surface area contributed by atoms with Crippen LogP contribution >= 0.6 is 0 Å². The normalized spacial score (nSPS) is 16.8. The molecule has 2 amide bonds. The fourth-order valence-corrected chi connectivity index (χ4v) is 3.87. The van der Waals surface area contributed by atoms with Crippen molar-refractivity contribution < 1.29 is 28.9 Å². The summed E-state index contributed by atoms with van der Waals surface area (Å²) in [5.41, 5.74) is 0.927. The number of rotatable bonds is 8. The highest BCUT2D eigenvalue weighted by Gasteiger charge is 2.40. The summed E-state index contributed by atoms with van der Waals surface area (Å²) >= 11 is 0. The van der Waals surface area contributed by atoms with Gasteiger partial charge in [-0.2, -0.15) is 0 Å². The Morgan fingerprint density at radius 2 is 2.06 bits per heavy atom. The second kappa shape index (κ2) is 9.77. The molecule has 4 heterocycles. The second-order valence-electron chi connectivity index (χ2n) is 8.46. The predicted octanol–water partition coefficient (Wildman–Crippen LogP) is 1.80. The van der Waals surface area contributed by atoms with Gasteiger partial charge in [0.15, 0.2) is 23.1 Å². The first kappa shape index (κ1) is 23.6. The molecule has 4 rings (SSSR count). The number of methoxy groups -OCH3 is 1. The molecule has 34 heavy (non-hydrogen) atoms. The molecule has 0 aromatic carbocycles. The van der Waals surface area contributed by atoms with Gasteiger partial charge in [0.1, 0.15) is 0 Å². The highest BCUT2D eigenvalue weighted by atomic mass is 16.6. The molecule has 2 aliphatic rings. The molecule has 1 fully saturated rings. The van der Waals surface area contributed by atoms with Crippen molar-refractivity contribution in [2.45, 2.75) is 38.5 Å². The Morgan fingerprint density at radius 3 is 2.76 bits per heavy atom. The minimum atomic E-state index is -1.18. The number of fused-ring (bicyclic) bond motifs is 4. The van der Waals surface area contributed by atoms with Crippen LogP contribution in [0.1, 0.15) is 37.2 Å². The number of amides is 2. The summed E-state index contributed by atoms with van der Waals surface area (Å²) in [4.78, 5) is 41.7. The molecule has 0 saturated carbocycles. The molecule has 12 nitrogen and oxygen atoms in total. The molecule has 2 aliphatic heterocycles. The zero-order chi connectivity index (χ0) is 24.3. The van der Waals surface area contributed by atoms with Gasteiger partial charge in [0, 0.05) is 19.5 Å². The minimum Gasteiger partial charge on any atom is -0.476 e. The molecule has 1 unspecified atom stereocenters. The van der Waals surface area contributed by atoms with E-state index in [9.17, 15) is 14.7 Å². The number of aromatic nitrogens is 3. The molecule has 0 spiro atoms. The number of hydrogen-bond acceptors (Lipinski definition) is 10. The summed E-state index contributed by atoms with van der Waals surface area (Å²) in [7, 11) is 1.29. The average Bonchev–Trinajstić information content (AvgIpc) is 3.22. The van der Waals surface area contributed by atoms with E-state index in [1.54, 1.807) is 30.9 Å². The predicted molar refractivity (Wildman–Crippen MR) is 122 cm³/mol. The lowest BCUT2D eigenvalue weighted by molar-refractivity contribution is -0.176.